The number of halogens is 1. The topological polar surface area (TPSA) is 92.0 Å². The molecule has 128 valence electrons. The molecule has 2 N–H and O–H groups in total. The average molecular weight is 413 g/mol. The van der Waals surface area contributed by atoms with Crippen molar-refractivity contribution < 1.29 is 9.53 Å². The SMILES string of the molecule is CCOC(=O)c1[nH]c(=O)[nH]c(=O)c1CSCCc1ccc(Br)cc1. The number of carbonyl (C=O) groups excluding carboxylic acids is 1. The van der Waals surface area contributed by atoms with Gasteiger partial charge < -0.3 is 9.72 Å². The van der Waals surface area contributed by atoms with Crippen molar-refractivity contribution in [1.29, 1.82) is 0 Å². The molecular weight excluding hydrogens is 396 g/mol. The van der Waals surface area contributed by atoms with Gasteiger partial charge in [0.25, 0.3) is 5.56 Å². The Morgan fingerprint density at radius 3 is 2.58 bits per heavy atom. The molecule has 2 rings (SSSR count). The predicted molar refractivity (Wildman–Crippen MR) is 97.6 cm³/mol. The van der Waals surface area contributed by atoms with E-state index in [0.717, 1.165) is 16.6 Å². The van der Waals surface area contributed by atoms with Crippen molar-refractivity contribution in [3.63, 3.8) is 0 Å². The summed E-state index contributed by atoms with van der Waals surface area (Å²) in [7, 11) is 0. The number of hydrogen-bond acceptors (Lipinski definition) is 5. The van der Waals surface area contributed by atoms with E-state index < -0.39 is 17.2 Å². The van der Waals surface area contributed by atoms with Crippen LogP contribution < -0.4 is 11.2 Å². The first-order chi connectivity index (χ1) is 11.5. The van der Waals surface area contributed by atoms with Gasteiger partial charge in [-0.2, -0.15) is 11.8 Å². The maximum Gasteiger partial charge on any atom is 0.355 e. The van der Waals surface area contributed by atoms with E-state index in [2.05, 4.69) is 25.9 Å². The number of nitrogens with one attached hydrogen (secondary N) is 2. The summed E-state index contributed by atoms with van der Waals surface area (Å²) in [6.45, 7) is 1.83. The molecule has 1 heterocycles. The number of aryl methyl sites for hydroxylation is 1. The van der Waals surface area contributed by atoms with Crippen LogP contribution in [-0.4, -0.2) is 28.3 Å². The second-order valence-electron chi connectivity index (χ2n) is 4.91. The number of carbonyl (C=O) groups is 1. The molecule has 0 spiro atoms. The summed E-state index contributed by atoms with van der Waals surface area (Å²) in [6, 6.07) is 8.01. The summed E-state index contributed by atoms with van der Waals surface area (Å²) in [5.74, 6) is 0.406. The number of esters is 1. The first-order valence-electron chi connectivity index (χ1n) is 7.36. The number of ether oxygens (including phenoxy) is 1. The van der Waals surface area contributed by atoms with Crippen LogP contribution in [0.5, 0.6) is 0 Å². The number of aromatic nitrogens is 2. The predicted octanol–water partition coefficient (Wildman–Crippen LogP) is 2.48. The number of H-pyrrole nitrogens is 2. The van der Waals surface area contributed by atoms with E-state index in [1.54, 1.807) is 6.92 Å². The maximum atomic E-state index is 12.0. The van der Waals surface area contributed by atoms with Gasteiger partial charge in [-0.3, -0.25) is 9.78 Å². The average Bonchev–Trinajstić information content (AvgIpc) is 2.54. The van der Waals surface area contributed by atoms with E-state index in [-0.39, 0.29) is 17.9 Å². The van der Waals surface area contributed by atoms with Crippen molar-refractivity contribution in [3.05, 3.63) is 66.4 Å². The highest BCUT2D eigenvalue weighted by atomic mass is 79.9. The highest BCUT2D eigenvalue weighted by molar-refractivity contribution is 9.10. The molecule has 0 aliphatic carbocycles. The Balaban J connectivity index is 2.03. The van der Waals surface area contributed by atoms with E-state index >= 15 is 0 Å². The van der Waals surface area contributed by atoms with E-state index in [1.165, 1.54) is 17.3 Å². The molecule has 0 amide bonds. The zero-order chi connectivity index (χ0) is 17.5. The number of rotatable bonds is 7. The van der Waals surface area contributed by atoms with Crippen LogP contribution in [0.2, 0.25) is 0 Å². The second kappa shape index (κ2) is 8.89. The number of thioether (sulfide) groups is 1. The molecule has 0 radical (unpaired) electrons. The highest BCUT2D eigenvalue weighted by Gasteiger charge is 2.17. The molecule has 24 heavy (non-hydrogen) atoms. The lowest BCUT2D eigenvalue weighted by Crippen LogP contribution is -2.30. The second-order valence-corrected chi connectivity index (χ2v) is 6.93. The Labute approximate surface area is 151 Å². The van der Waals surface area contributed by atoms with Crippen molar-refractivity contribution >= 4 is 33.7 Å². The molecule has 0 unspecified atom stereocenters. The maximum absolute atomic E-state index is 12.0. The fourth-order valence-electron chi connectivity index (χ4n) is 2.04. The fourth-order valence-corrected chi connectivity index (χ4v) is 3.31. The number of aromatic amines is 2. The van der Waals surface area contributed by atoms with Crippen LogP contribution in [0.3, 0.4) is 0 Å². The molecule has 0 fully saturated rings. The Bertz CT molecular complexity index is 814. The van der Waals surface area contributed by atoms with Gasteiger partial charge in [0.15, 0.2) is 0 Å². The molecule has 0 bridgehead atoms. The van der Waals surface area contributed by atoms with Gasteiger partial charge in [-0.15, -0.1) is 0 Å². The summed E-state index contributed by atoms with van der Waals surface area (Å²) < 4.78 is 5.92. The molecule has 0 saturated carbocycles. The van der Waals surface area contributed by atoms with E-state index in [9.17, 15) is 14.4 Å². The monoisotopic (exact) mass is 412 g/mol. The van der Waals surface area contributed by atoms with Crippen molar-refractivity contribution in [2.75, 3.05) is 12.4 Å². The summed E-state index contributed by atoms with van der Waals surface area (Å²) in [5, 5.41) is 0. The zero-order valence-electron chi connectivity index (χ0n) is 13.1. The van der Waals surface area contributed by atoms with Crippen LogP contribution in [0.25, 0.3) is 0 Å². The molecule has 0 aliphatic heterocycles. The molecule has 0 aliphatic rings. The van der Waals surface area contributed by atoms with Gasteiger partial charge in [0, 0.05) is 10.2 Å². The first-order valence-corrected chi connectivity index (χ1v) is 9.30. The molecule has 2 aromatic rings. The van der Waals surface area contributed by atoms with Crippen molar-refractivity contribution in [1.82, 2.24) is 9.97 Å². The third-order valence-electron chi connectivity index (χ3n) is 3.22. The molecule has 0 atom stereocenters. The van der Waals surface area contributed by atoms with Gasteiger partial charge in [-0.25, -0.2) is 9.59 Å². The minimum atomic E-state index is -0.716. The first kappa shape index (κ1) is 18.5. The fraction of sp³-hybridized carbons (Fsp3) is 0.312. The van der Waals surface area contributed by atoms with Crippen molar-refractivity contribution in [2.24, 2.45) is 0 Å². The van der Waals surface area contributed by atoms with Gasteiger partial charge in [0.1, 0.15) is 5.69 Å². The van der Waals surface area contributed by atoms with Gasteiger partial charge in [-0.1, -0.05) is 28.1 Å². The molecular formula is C16H17BrN2O4S. The minimum Gasteiger partial charge on any atom is -0.461 e. The van der Waals surface area contributed by atoms with Crippen LogP contribution in [0, 0.1) is 0 Å². The van der Waals surface area contributed by atoms with Crippen molar-refractivity contribution in [2.45, 2.75) is 19.1 Å². The van der Waals surface area contributed by atoms with Gasteiger partial charge in [0.2, 0.25) is 0 Å². The Kier molecular flexibility index (Phi) is 6.86. The molecule has 6 nitrogen and oxygen atoms in total. The molecule has 8 heteroatoms. The lowest BCUT2D eigenvalue weighted by molar-refractivity contribution is 0.0517. The third kappa shape index (κ3) is 5.10. The van der Waals surface area contributed by atoms with Gasteiger partial charge in [-0.05, 0) is 36.8 Å². The smallest absolute Gasteiger partial charge is 0.355 e. The summed E-state index contributed by atoms with van der Waals surface area (Å²) in [4.78, 5) is 39.8. The Hall–Kier alpha value is -1.80. The van der Waals surface area contributed by atoms with Crippen LogP contribution in [0.4, 0.5) is 0 Å². The number of hydrogen-bond donors (Lipinski definition) is 2. The van der Waals surface area contributed by atoms with E-state index in [4.69, 9.17) is 4.74 Å². The summed E-state index contributed by atoms with van der Waals surface area (Å²) in [6.07, 6.45) is 0.841. The molecule has 1 aromatic carbocycles. The van der Waals surface area contributed by atoms with Crippen LogP contribution in [0.1, 0.15) is 28.5 Å². The highest BCUT2D eigenvalue weighted by Crippen LogP contribution is 2.16. The van der Waals surface area contributed by atoms with E-state index in [1.807, 2.05) is 24.3 Å². The number of benzene rings is 1. The largest absolute Gasteiger partial charge is 0.461 e. The zero-order valence-corrected chi connectivity index (χ0v) is 15.5. The van der Waals surface area contributed by atoms with Crippen LogP contribution in [0.15, 0.2) is 38.3 Å². The summed E-state index contributed by atoms with van der Waals surface area (Å²) in [5.41, 5.74) is 0.0758. The van der Waals surface area contributed by atoms with Crippen LogP contribution in [-0.2, 0) is 16.9 Å². The lowest BCUT2D eigenvalue weighted by atomic mass is 10.2. The Morgan fingerprint density at radius 2 is 1.92 bits per heavy atom. The van der Waals surface area contributed by atoms with Gasteiger partial charge >= 0.3 is 11.7 Å². The third-order valence-corrected chi connectivity index (χ3v) is 4.73. The quantitative estimate of drug-likeness (QED) is 0.538. The van der Waals surface area contributed by atoms with Crippen molar-refractivity contribution in [3.8, 4) is 0 Å². The summed E-state index contributed by atoms with van der Waals surface area (Å²) >= 11 is 4.90. The molecule has 1 aromatic heterocycles. The van der Waals surface area contributed by atoms with E-state index in [0.29, 0.717) is 5.75 Å². The lowest BCUT2D eigenvalue weighted by Gasteiger charge is -2.07. The normalized spacial score (nSPS) is 10.6. The molecule has 0 saturated heterocycles. The van der Waals surface area contributed by atoms with Crippen LogP contribution >= 0.6 is 27.7 Å². The van der Waals surface area contributed by atoms with Gasteiger partial charge in [0.05, 0.1) is 12.2 Å². The standard InChI is InChI=1S/C16H17BrN2O4S/c1-2-23-15(21)13-12(14(20)19-16(22)18-13)9-24-8-7-10-3-5-11(17)6-4-10/h3-6H,2,7-9H2,1H3,(H2,18,19,20,22). The Morgan fingerprint density at radius 1 is 1.21 bits per heavy atom. The minimum absolute atomic E-state index is 0.0678.